The summed E-state index contributed by atoms with van der Waals surface area (Å²) in [6.45, 7) is 9.08. The highest BCUT2D eigenvalue weighted by atomic mass is 16.2. The fraction of sp³-hybridized carbons (Fsp3) is 0.650. The third kappa shape index (κ3) is 3.81. The van der Waals surface area contributed by atoms with E-state index < -0.39 is 0 Å². The van der Waals surface area contributed by atoms with Crippen molar-refractivity contribution in [1.29, 1.82) is 0 Å². The van der Waals surface area contributed by atoms with E-state index in [2.05, 4.69) is 53.2 Å². The highest BCUT2D eigenvalue weighted by Crippen LogP contribution is 2.28. The molecule has 2 atom stereocenters. The summed E-state index contributed by atoms with van der Waals surface area (Å²) in [4.78, 5) is 17.9. The molecule has 1 N–H and O–H groups in total. The zero-order chi connectivity index (χ0) is 16.9. The van der Waals surface area contributed by atoms with Crippen LogP contribution in [0.2, 0.25) is 0 Å². The minimum atomic E-state index is -0.133. The standard InChI is InChI=1S/C20H31N3O/c1-3-17-7-9-18(10-8-17)19(23-14-11-21-15-16(23)2)20(24)22-12-5-4-6-13-22/h7-10,16,19,21H,3-6,11-15H2,1-2H3. The van der Waals surface area contributed by atoms with E-state index in [1.54, 1.807) is 0 Å². The molecule has 0 spiro atoms. The number of piperidine rings is 1. The molecule has 1 amide bonds. The van der Waals surface area contributed by atoms with Gasteiger partial charge in [0.05, 0.1) is 0 Å². The fourth-order valence-electron chi connectivity index (χ4n) is 3.94. The maximum Gasteiger partial charge on any atom is 0.244 e. The number of nitrogens with one attached hydrogen (secondary N) is 1. The first-order valence-electron chi connectivity index (χ1n) is 9.54. The van der Waals surface area contributed by atoms with Crippen molar-refractivity contribution < 1.29 is 4.79 Å². The molecule has 0 bridgehead atoms. The molecular formula is C20H31N3O. The molecule has 1 aromatic carbocycles. The number of carbonyl (C=O) groups excluding carboxylic acids is 1. The lowest BCUT2D eigenvalue weighted by molar-refractivity contribution is -0.139. The first-order chi connectivity index (χ1) is 11.7. The molecule has 2 heterocycles. The van der Waals surface area contributed by atoms with Gasteiger partial charge in [-0.15, -0.1) is 0 Å². The Hall–Kier alpha value is -1.39. The topological polar surface area (TPSA) is 35.6 Å². The number of likely N-dealkylation sites (tertiary alicyclic amines) is 1. The molecule has 24 heavy (non-hydrogen) atoms. The number of rotatable bonds is 4. The van der Waals surface area contributed by atoms with Gasteiger partial charge in [0.15, 0.2) is 0 Å². The van der Waals surface area contributed by atoms with Gasteiger partial charge in [-0.25, -0.2) is 0 Å². The fourth-order valence-corrected chi connectivity index (χ4v) is 3.94. The Bertz CT molecular complexity index is 536. The van der Waals surface area contributed by atoms with E-state index in [1.807, 2.05) is 0 Å². The summed E-state index contributed by atoms with van der Waals surface area (Å²) in [5, 5.41) is 3.44. The van der Waals surface area contributed by atoms with Crippen molar-refractivity contribution in [3.63, 3.8) is 0 Å². The van der Waals surface area contributed by atoms with Crippen LogP contribution in [0.15, 0.2) is 24.3 Å². The zero-order valence-electron chi connectivity index (χ0n) is 15.1. The monoisotopic (exact) mass is 329 g/mol. The molecule has 2 fully saturated rings. The van der Waals surface area contributed by atoms with E-state index in [9.17, 15) is 4.79 Å². The number of aryl methyl sites for hydroxylation is 1. The predicted molar refractivity (Wildman–Crippen MR) is 98.0 cm³/mol. The van der Waals surface area contributed by atoms with Crippen molar-refractivity contribution in [2.24, 2.45) is 0 Å². The molecule has 4 nitrogen and oxygen atoms in total. The Kier molecular flexibility index (Phi) is 5.90. The smallest absolute Gasteiger partial charge is 0.244 e. The van der Waals surface area contributed by atoms with Gasteiger partial charge in [-0.3, -0.25) is 9.69 Å². The van der Waals surface area contributed by atoms with Crippen molar-refractivity contribution in [3.8, 4) is 0 Å². The summed E-state index contributed by atoms with van der Waals surface area (Å²) in [6, 6.07) is 8.94. The highest BCUT2D eigenvalue weighted by Gasteiger charge is 2.35. The van der Waals surface area contributed by atoms with Gasteiger partial charge in [-0.05, 0) is 43.7 Å². The van der Waals surface area contributed by atoms with Crippen LogP contribution in [0.25, 0.3) is 0 Å². The summed E-state index contributed by atoms with van der Waals surface area (Å²) in [6.07, 6.45) is 4.58. The van der Waals surface area contributed by atoms with Gasteiger partial charge in [0.1, 0.15) is 6.04 Å². The lowest BCUT2D eigenvalue weighted by atomic mass is 9.98. The third-order valence-electron chi connectivity index (χ3n) is 5.49. The van der Waals surface area contributed by atoms with Gasteiger partial charge in [0.25, 0.3) is 0 Å². The summed E-state index contributed by atoms with van der Waals surface area (Å²) in [5.41, 5.74) is 2.48. The normalized spacial score (nSPS) is 23.9. The van der Waals surface area contributed by atoms with E-state index >= 15 is 0 Å². The van der Waals surface area contributed by atoms with Crippen molar-refractivity contribution in [2.75, 3.05) is 32.7 Å². The summed E-state index contributed by atoms with van der Waals surface area (Å²) in [5.74, 6) is 0.299. The third-order valence-corrected chi connectivity index (χ3v) is 5.49. The molecule has 3 rings (SSSR count). The van der Waals surface area contributed by atoms with E-state index in [1.165, 1.54) is 12.0 Å². The molecule has 2 aliphatic heterocycles. The van der Waals surface area contributed by atoms with Crippen molar-refractivity contribution in [3.05, 3.63) is 35.4 Å². The van der Waals surface area contributed by atoms with Crippen LogP contribution in [-0.4, -0.2) is 54.5 Å². The van der Waals surface area contributed by atoms with Gasteiger partial charge in [0, 0.05) is 38.8 Å². The van der Waals surface area contributed by atoms with Crippen LogP contribution >= 0.6 is 0 Å². The highest BCUT2D eigenvalue weighted by molar-refractivity contribution is 5.83. The van der Waals surface area contributed by atoms with Crippen LogP contribution in [-0.2, 0) is 11.2 Å². The van der Waals surface area contributed by atoms with Crippen molar-refractivity contribution in [1.82, 2.24) is 15.1 Å². The number of carbonyl (C=O) groups is 1. The molecule has 0 aromatic heterocycles. The van der Waals surface area contributed by atoms with Crippen molar-refractivity contribution >= 4 is 5.91 Å². The Labute approximate surface area is 146 Å². The van der Waals surface area contributed by atoms with Gasteiger partial charge >= 0.3 is 0 Å². The van der Waals surface area contributed by atoms with Crippen molar-refractivity contribution in [2.45, 2.75) is 51.6 Å². The van der Waals surface area contributed by atoms with E-state index in [-0.39, 0.29) is 6.04 Å². The summed E-state index contributed by atoms with van der Waals surface area (Å²) in [7, 11) is 0. The molecule has 2 unspecified atom stereocenters. The second kappa shape index (κ2) is 8.13. The average molecular weight is 329 g/mol. The number of piperazine rings is 1. The minimum Gasteiger partial charge on any atom is -0.341 e. The molecule has 2 saturated heterocycles. The van der Waals surface area contributed by atoms with Gasteiger partial charge in [-0.1, -0.05) is 31.2 Å². The molecule has 4 heteroatoms. The maximum absolute atomic E-state index is 13.4. The van der Waals surface area contributed by atoms with Crippen LogP contribution in [0.1, 0.15) is 50.3 Å². The number of amides is 1. The van der Waals surface area contributed by atoms with Gasteiger partial charge in [-0.2, -0.15) is 0 Å². The zero-order valence-corrected chi connectivity index (χ0v) is 15.1. The first-order valence-corrected chi connectivity index (χ1v) is 9.54. The van der Waals surface area contributed by atoms with E-state index in [0.717, 1.165) is 57.5 Å². The second-order valence-corrected chi connectivity index (χ2v) is 7.17. The summed E-state index contributed by atoms with van der Waals surface area (Å²) >= 11 is 0. The Balaban J connectivity index is 1.88. The number of hydrogen-bond donors (Lipinski definition) is 1. The molecule has 1 aromatic rings. The van der Waals surface area contributed by atoms with Gasteiger partial charge < -0.3 is 10.2 Å². The Morgan fingerprint density at radius 1 is 1.17 bits per heavy atom. The molecule has 2 aliphatic rings. The van der Waals surface area contributed by atoms with E-state index in [4.69, 9.17) is 0 Å². The molecule has 0 aliphatic carbocycles. The number of hydrogen-bond acceptors (Lipinski definition) is 3. The first kappa shape index (κ1) is 17.4. The molecular weight excluding hydrogens is 298 g/mol. The molecule has 132 valence electrons. The summed E-state index contributed by atoms with van der Waals surface area (Å²) < 4.78 is 0. The van der Waals surface area contributed by atoms with Crippen LogP contribution in [0, 0.1) is 0 Å². The van der Waals surface area contributed by atoms with E-state index in [0.29, 0.717) is 11.9 Å². The molecule has 0 radical (unpaired) electrons. The number of nitrogens with zero attached hydrogens (tertiary/aromatic N) is 2. The maximum atomic E-state index is 13.4. The SMILES string of the molecule is CCc1ccc(C(C(=O)N2CCCCC2)N2CCNCC2C)cc1. The number of benzene rings is 1. The lowest BCUT2D eigenvalue weighted by Crippen LogP contribution is -2.55. The Morgan fingerprint density at radius 2 is 1.88 bits per heavy atom. The van der Waals surface area contributed by atoms with Crippen LogP contribution in [0.4, 0.5) is 0 Å². The Morgan fingerprint density at radius 3 is 2.50 bits per heavy atom. The largest absolute Gasteiger partial charge is 0.341 e. The molecule has 0 saturated carbocycles. The van der Waals surface area contributed by atoms with Crippen LogP contribution < -0.4 is 5.32 Å². The quantitative estimate of drug-likeness (QED) is 0.922. The van der Waals surface area contributed by atoms with Crippen LogP contribution in [0.5, 0.6) is 0 Å². The average Bonchev–Trinajstić information content (AvgIpc) is 2.64. The van der Waals surface area contributed by atoms with Gasteiger partial charge in [0.2, 0.25) is 5.91 Å². The minimum absolute atomic E-state index is 0.133. The van der Waals surface area contributed by atoms with Crippen LogP contribution in [0.3, 0.4) is 0 Å². The predicted octanol–water partition coefficient (Wildman–Crippen LogP) is 2.60. The second-order valence-electron chi connectivity index (χ2n) is 7.17. The lowest BCUT2D eigenvalue weighted by Gasteiger charge is -2.42.